The summed E-state index contributed by atoms with van der Waals surface area (Å²) in [4.78, 5) is 37.5. The predicted molar refractivity (Wildman–Crippen MR) is 117 cm³/mol. The number of fused-ring (bicyclic) bond motifs is 2. The molecule has 0 aliphatic heterocycles. The van der Waals surface area contributed by atoms with Crippen LogP contribution >= 0.6 is 11.3 Å². The van der Waals surface area contributed by atoms with E-state index in [0.717, 1.165) is 27.6 Å². The molecule has 0 fully saturated rings. The Hall–Kier alpha value is -3.71. The second-order valence-electron chi connectivity index (χ2n) is 6.77. The average Bonchev–Trinajstić information content (AvgIpc) is 3.38. The third kappa shape index (κ3) is 3.01. The zero-order valence-electron chi connectivity index (χ0n) is 15.5. The van der Waals surface area contributed by atoms with E-state index < -0.39 is 0 Å². The number of aromatic amines is 2. The minimum Gasteiger partial charge on any atom is -0.353 e. The summed E-state index contributed by atoms with van der Waals surface area (Å²) in [5.74, 6) is -0.107. The van der Waals surface area contributed by atoms with Gasteiger partial charge in [0.1, 0.15) is 0 Å². The highest BCUT2D eigenvalue weighted by molar-refractivity contribution is 7.09. The highest BCUT2D eigenvalue weighted by Gasteiger charge is 2.16. The molecule has 0 radical (unpaired) electrons. The van der Waals surface area contributed by atoms with E-state index >= 15 is 0 Å². The maximum atomic E-state index is 12.9. The summed E-state index contributed by atoms with van der Waals surface area (Å²) in [6.45, 7) is 0. The molecule has 0 saturated heterocycles. The number of thiophene rings is 1. The molecule has 3 aromatic heterocycles. The molecule has 142 valence electrons. The Morgan fingerprint density at radius 1 is 1.00 bits per heavy atom. The average molecular weight is 400 g/mol. The van der Waals surface area contributed by atoms with Crippen LogP contribution in [-0.2, 0) is 0 Å². The van der Waals surface area contributed by atoms with E-state index in [-0.39, 0.29) is 11.5 Å². The van der Waals surface area contributed by atoms with Crippen molar-refractivity contribution in [3.63, 3.8) is 0 Å². The monoisotopic (exact) mass is 400 g/mol. The number of aromatic nitrogens is 3. The van der Waals surface area contributed by atoms with Crippen molar-refractivity contribution in [1.29, 1.82) is 0 Å². The lowest BCUT2D eigenvalue weighted by Crippen LogP contribution is -2.26. The highest BCUT2D eigenvalue weighted by Crippen LogP contribution is 2.24. The molecule has 0 saturated carbocycles. The molecule has 0 aliphatic carbocycles. The number of H-pyrrole nitrogens is 2. The molecule has 5 rings (SSSR count). The Morgan fingerprint density at radius 2 is 1.83 bits per heavy atom. The van der Waals surface area contributed by atoms with Crippen molar-refractivity contribution in [2.24, 2.45) is 0 Å². The minimum atomic E-state index is -0.248. The summed E-state index contributed by atoms with van der Waals surface area (Å²) in [5, 5.41) is 4.67. The Bertz CT molecular complexity index is 1420. The van der Waals surface area contributed by atoms with Crippen LogP contribution in [-0.4, -0.2) is 27.9 Å². The van der Waals surface area contributed by atoms with E-state index in [1.54, 1.807) is 24.1 Å². The van der Waals surface area contributed by atoms with Crippen molar-refractivity contribution in [3.05, 3.63) is 81.3 Å². The van der Waals surface area contributed by atoms with Crippen molar-refractivity contribution in [2.75, 3.05) is 11.9 Å². The second kappa shape index (κ2) is 6.72. The minimum absolute atomic E-state index is 0.107. The lowest BCUT2D eigenvalue weighted by atomic mass is 10.1. The summed E-state index contributed by atoms with van der Waals surface area (Å²) in [6.07, 6.45) is 0. The summed E-state index contributed by atoms with van der Waals surface area (Å²) in [7, 11) is 1.75. The molecule has 0 atom stereocenters. The van der Waals surface area contributed by atoms with Crippen LogP contribution in [0, 0.1) is 0 Å². The summed E-state index contributed by atoms with van der Waals surface area (Å²) < 4.78 is 0. The van der Waals surface area contributed by atoms with Gasteiger partial charge in [-0.1, -0.05) is 24.3 Å². The first-order chi connectivity index (χ1) is 14.1. The van der Waals surface area contributed by atoms with E-state index in [1.807, 2.05) is 53.2 Å². The fraction of sp³-hybridized carbons (Fsp3) is 0.0455. The quantitative estimate of drug-likeness (QED) is 0.471. The topological polar surface area (TPSA) is 81.8 Å². The van der Waals surface area contributed by atoms with Crippen LogP contribution in [0.5, 0.6) is 0 Å². The fourth-order valence-electron chi connectivity index (χ4n) is 3.36. The molecule has 1 amide bonds. The van der Waals surface area contributed by atoms with Gasteiger partial charge in [-0.2, -0.15) is 0 Å². The van der Waals surface area contributed by atoms with Gasteiger partial charge in [0.25, 0.3) is 11.5 Å². The van der Waals surface area contributed by atoms with E-state index in [9.17, 15) is 9.59 Å². The molecular formula is C22H16N4O2S. The van der Waals surface area contributed by atoms with Gasteiger partial charge in [-0.25, -0.2) is 4.98 Å². The molecule has 2 aromatic carbocycles. The van der Waals surface area contributed by atoms with Crippen LogP contribution in [0.25, 0.3) is 33.3 Å². The number of hydrogen-bond donors (Lipinski definition) is 2. The van der Waals surface area contributed by atoms with Crippen molar-refractivity contribution in [1.82, 2.24) is 15.0 Å². The number of para-hydroxylation sites is 1. The first-order valence-corrected chi connectivity index (χ1v) is 9.97. The molecule has 6 nitrogen and oxygen atoms in total. The maximum absolute atomic E-state index is 12.9. The molecule has 0 unspecified atom stereocenters. The molecule has 0 aliphatic rings. The van der Waals surface area contributed by atoms with Crippen molar-refractivity contribution in [3.8, 4) is 11.4 Å². The van der Waals surface area contributed by atoms with Crippen LogP contribution in [0.2, 0.25) is 0 Å². The number of rotatable bonds is 3. The van der Waals surface area contributed by atoms with Gasteiger partial charge in [0, 0.05) is 40.0 Å². The van der Waals surface area contributed by atoms with Crippen LogP contribution < -0.4 is 10.5 Å². The van der Waals surface area contributed by atoms with Gasteiger partial charge in [-0.15, -0.1) is 11.3 Å². The third-order valence-corrected chi connectivity index (χ3v) is 5.64. The third-order valence-electron chi connectivity index (χ3n) is 4.91. The smallest absolute Gasteiger partial charge is 0.276 e. The van der Waals surface area contributed by atoms with Crippen LogP contribution in [0.4, 0.5) is 5.69 Å². The van der Waals surface area contributed by atoms with E-state index in [0.29, 0.717) is 17.0 Å². The Balaban J connectivity index is 1.54. The predicted octanol–water partition coefficient (Wildman–Crippen LogP) is 4.41. The van der Waals surface area contributed by atoms with Gasteiger partial charge in [0.2, 0.25) is 0 Å². The van der Waals surface area contributed by atoms with Gasteiger partial charge in [0.15, 0.2) is 5.69 Å². The Morgan fingerprint density at radius 3 is 2.66 bits per heavy atom. The number of nitrogens with one attached hydrogen (secondary N) is 2. The van der Waals surface area contributed by atoms with Gasteiger partial charge >= 0.3 is 0 Å². The molecular weight excluding hydrogens is 384 g/mol. The number of amides is 1. The molecule has 0 spiro atoms. The van der Waals surface area contributed by atoms with Crippen LogP contribution in [0.15, 0.2) is 70.2 Å². The van der Waals surface area contributed by atoms with Gasteiger partial charge in [0.05, 0.1) is 16.7 Å². The van der Waals surface area contributed by atoms with Crippen molar-refractivity contribution < 1.29 is 4.79 Å². The number of nitrogens with zero attached hydrogens (tertiary/aromatic N) is 2. The lowest BCUT2D eigenvalue weighted by molar-refractivity contribution is 0.0993. The number of carbonyl (C=O) groups excluding carboxylic acids is 1. The Labute approximate surface area is 169 Å². The molecule has 2 N–H and O–H groups in total. The first kappa shape index (κ1) is 17.4. The fourth-order valence-corrected chi connectivity index (χ4v) is 4.05. The summed E-state index contributed by atoms with van der Waals surface area (Å²) in [6, 6.07) is 16.8. The largest absolute Gasteiger partial charge is 0.353 e. The Kier molecular flexibility index (Phi) is 4.03. The van der Waals surface area contributed by atoms with E-state index in [2.05, 4.69) is 15.0 Å². The summed E-state index contributed by atoms with van der Waals surface area (Å²) >= 11 is 1.49. The maximum Gasteiger partial charge on any atom is 0.276 e. The zero-order chi connectivity index (χ0) is 20.0. The van der Waals surface area contributed by atoms with E-state index in [4.69, 9.17) is 0 Å². The summed E-state index contributed by atoms with van der Waals surface area (Å²) in [5.41, 5.74) is 4.36. The molecule has 0 bridgehead atoms. The standard InChI is InChI=1S/C22H16N4O2S/c1-26(15-5-3-2-4-6-15)22(28)14-8-7-13-9-17(23-16(13)10-14)20-21(27)25-19-12-29-11-18(19)24-20/h2-12,23H,1H3,(H,25,27). The second-order valence-corrected chi connectivity index (χ2v) is 7.51. The van der Waals surface area contributed by atoms with Crippen LogP contribution in [0.1, 0.15) is 10.4 Å². The first-order valence-electron chi connectivity index (χ1n) is 9.02. The van der Waals surface area contributed by atoms with Gasteiger partial charge < -0.3 is 14.9 Å². The molecule has 5 aromatic rings. The van der Waals surface area contributed by atoms with Crippen molar-refractivity contribution >= 4 is 44.9 Å². The SMILES string of the molecule is CN(C(=O)c1ccc2cc(-c3nc4cscc4[nH]c3=O)[nH]c2c1)c1ccccc1. The van der Waals surface area contributed by atoms with Gasteiger partial charge in [-0.3, -0.25) is 9.59 Å². The number of benzene rings is 2. The highest BCUT2D eigenvalue weighted by atomic mass is 32.1. The molecule has 7 heteroatoms. The van der Waals surface area contributed by atoms with Crippen LogP contribution in [0.3, 0.4) is 0 Å². The molecule has 3 heterocycles. The zero-order valence-corrected chi connectivity index (χ0v) is 16.3. The number of anilines is 1. The molecule has 29 heavy (non-hydrogen) atoms. The number of carbonyl (C=O) groups is 1. The lowest BCUT2D eigenvalue weighted by Gasteiger charge is -2.17. The number of hydrogen-bond acceptors (Lipinski definition) is 4. The van der Waals surface area contributed by atoms with Gasteiger partial charge in [-0.05, 0) is 30.3 Å². The van der Waals surface area contributed by atoms with Crippen molar-refractivity contribution in [2.45, 2.75) is 0 Å². The normalized spacial score (nSPS) is 11.2. The van der Waals surface area contributed by atoms with E-state index in [1.165, 1.54) is 11.3 Å².